The molecule has 0 bridgehead atoms. The van der Waals surface area contributed by atoms with E-state index in [9.17, 15) is 9.59 Å². The van der Waals surface area contributed by atoms with E-state index in [0.29, 0.717) is 27.3 Å². The van der Waals surface area contributed by atoms with E-state index in [0.717, 1.165) is 31.2 Å². The van der Waals surface area contributed by atoms with Crippen molar-refractivity contribution in [2.45, 2.75) is 70.8 Å². The van der Waals surface area contributed by atoms with Crippen molar-refractivity contribution in [2.75, 3.05) is 11.9 Å². The average Bonchev–Trinajstić information content (AvgIpc) is 3.33. The summed E-state index contributed by atoms with van der Waals surface area (Å²) in [5.74, 6) is -0.179. The minimum Gasteiger partial charge on any atom is -0.335 e. The molecule has 0 atom stereocenters. The molecule has 0 unspecified atom stereocenters. The first-order valence-electron chi connectivity index (χ1n) is 12.5. The normalized spacial score (nSPS) is 14.4. The summed E-state index contributed by atoms with van der Waals surface area (Å²) in [6.45, 7) is 6.85. The first-order valence-corrected chi connectivity index (χ1v) is 13.7. The van der Waals surface area contributed by atoms with Crippen LogP contribution in [-0.4, -0.2) is 39.5 Å². The van der Waals surface area contributed by atoms with Crippen molar-refractivity contribution in [3.05, 3.63) is 64.7 Å². The number of amides is 2. The smallest absolute Gasteiger partial charge is 0.254 e. The van der Waals surface area contributed by atoms with Crippen molar-refractivity contribution in [3.63, 3.8) is 0 Å². The highest BCUT2D eigenvalue weighted by molar-refractivity contribution is 7.18. The molecule has 1 heterocycles. The predicted octanol–water partition coefficient (Wildman–Crippen LogP) is 6.96. The van der Waals surface area contributed by atoms with Crippen molar-refractivity contribution in [1.29, 1.82) is 0 Å². The van der Waals surface area contributed by atoms with E-state index in [2.05, 4.69) is 36.3 Å². The van der Waals surface area contributed by atoms with Crippen molar-refractivity contribution in [2.24, 2.45) is 0 Å². The van der Waals surface area contributed by atoms with Crippen LogP contribution in [0.25, 0.3) is 10.6 Å². The Balaban J connectivity index is 1.41. The number of halogens is 1. The zero-order valence-corrected chi connectivity index (χ0v) is 22.7. The van der Waals surface area contributed by atoms with E-state index < -0.39 is 0 Å². The lowest BCUT2D eigenvalue weighted by Crippen LogP contribution is -2.43. The van der Waals surface area contributed by atoms with Crippen LogP contribution in [0.5, 0.6) is 0 Å². The van der Waals surface area contributed by atoms with Crippen LogP contribution in [-0.2, 0) is 10.2 Å². The summed E-state index contributed by atoms with van der Waals surface area (Å²) in [4.78, 5) is 28.2. The van der Waals surface area contributed by atoms with Crippen LogP contribution in [0.15, 0.2) is 48.5 Å². The molecule has 1 aromatic heterocycles. The number of benzene rings is 2. The summed E-state index contributed by atoms with van der Waals surface area (Å²) < 4.78 is 0. The van der Waals surface area contributed by atoms with Gasteiger partial charge in [0, 0.05) is 35.2 Å². The molecule has 8 heteroatoms. The molecule has 6 nitrogen and oxygen atoms in total. The first-order chi connectivity index (χ1) is 17.2. The SMILES string of the molecule is CC(C)(C)c1ccc(C(=O)N(CCC(=O)Nc2nnc(-c3ccc(Cl)cc3)s2)C2CCCCC2)cc1. The maximum absolute atomic E-state index is 13.5. The molecule has 1 N–H and O–H groups in total. The van der Waals surface area contributed by atoms with E-state index in [-0.39, 0.29) is 29.7 Å². The number of carbonyl (C=O) groups is 2. The quantitative estimate of drug-likeness (QED) is 0.362. The fourth-order valence-electron chi connectivity index (χ4n) is 4.51. The fourth-order valence-corrected chi connectivity index (χ4v) is 5.40. The van der Waals surface area contributed by atoms with Crippen LogP contribution in [0.3, 0.4) is 0 Å². The molecule has 36 heavy (non-hydrogen) atoms. The molecular weight excluding hydrogens is 492 g/mol. The second-order valence-electron chi connectivity index (χ2n) is 10.3. The molecule has 0 saturated heterocycles. The molecule has 1 aliphatic carbocycles. The Bertz CT molecular complexity index is 1180. The van der Waals surface area contributed by atoms with Crippen LogP contribution in [0.1, 0.15) is 75.2 Å². The third kappa shape index (κ3) is 6.71. The van der Waals surface area contributed by atoms with Gasteiger partial charge in [-0.15, -0.1) is 10.2 Å². The first kappa shape index (κ1) is 26.3. The van der Waals surface area contributed by atoms with Gasteiger partial charge in [0.05, 0.1) is 0 Å². The Morgan fingerprint density at radius 3 is 2.31 bits per heavy atom. The van der Waals surface area contributed by atoms with Crippen molar-refractivity contribution < 1.29 is 9.59 Å². The molecule has 2 aromatic carbocycles. The van der Waals surface area contributed by atoms with Gasteiger partial charge in [0.1, 0.15) is 5.01 Å². The van der Waals surface area contributed by atoms with Gasteiger partial charge in [0.2, 0.25) is 11.0 Å². The van der Waals surface area contributed by atoms with Crippen LogP contribution >= 0.6 is 22.9 Å². The Labute approximate surface area is 222 Å². The minimum atomic E-state index is -0.175. The summed E-state index contributed by atoms with van der Waals surface area (Å²) in [5.41, 5.74) is 2.79. The standard InChI is InChI=1S/C28H33ClN4O2S/c1-28(2,3)21-13-9-20(10-14-21)26(35)33(23-7-5-4-6-8-23)18-17-24(34)30-27-32-31-25(36-27)19-11-15-22(29)16-12-19/h9-16,23H,4-8,17-18H2,1-3H3,(H,30,32,34). The number of anilines is 1. The van der Waals surface area contributed by atoms with Gasteiger partial charge in [-0.2, -0.15) is 0 Å². The number of carbonyl (C=O) groups excluding carboxylic acids is 2. The molecule has 3 aromatic rings. The van der Waals surface area contributed by atoms with Gasteiger partial charge in [0.25, 0.3) is 5.91 Å². The Morgan fingerprint density at radius 1 is 1.00 bits per heavy atom. The molecule has 0 radical (unpaired) electrons. The average molecular weight is 525 g/mol. The Morgan fingerprint density at radius 2 is 1.67 bits per heavy atom. The van der Waals surface area contributed by atoms with Crippen LogP contribution in [0.2, 0.25) is 5.02 Å². The third-order valence-corrected chi connectivity index (χ3v) is 7.76. The van der Waals surface area contributed by atoms with Crippen LogP contribution in [0.4, 0.5) is 5.13 Å². The molecule has 0 spiro atoms. The van der Waals surface area contributed by atoms with E-state index in [1.807, 2.05) is 41.3 Å². The zero-order chi connectivity index (χ0) is 25.7. The van der Waals surface area contributed by atoms with E-state index in [1.54, 1.807) is 12.1 Å². The van der Waals surface area contributed by atoms with Gasteiger partial charge in [-0.25, -0.2) is 0 Å². The molecule has 1 aliphatic rings. The highest BCUT2D eigenvalue weighted by Gasteiger charge is 2.27. The maximum Gasteiger partial charge on any atom is 0.254 e. The summed E-state index contributed by atoms with van der Waals surface area (Å²) in [7, 11) is 0. The summed E-state index contributed by atoms with van der Waals surface area (Å²) in [5, 5.41) is 12.9. The number of nitrogens with zero attached hydrogens (tertiary/aromatic N) is 3. The van der Waals surface area contributed by atoms with Gasteiger partial charge in [-0.05, 0) is 48.1 Å². The van der Waals surface area contributed by atoms with Gasteiger partial charge in [0.15, 0.2) is 0 Å². The monoisotopic (exact) mass is 524 g/mol. The zero-order valence-electron chi connectivity index (χ0n) is 21.1. The number of aromatic nitrogens is 2. The largest absolute Gasteiger partial charge is 0.335 e. The van der Waals surface area contributed by atoms with E-state index in [4.69, 9.17) is 11.6 Å². The summed E-state index contributed by atoms with van der Waals surface area (Å²) >= 11 is 7.27. The number of hydrogen-bond donors (Lipinski definition) is 1. The van der Waals surface area contributed by atoms with Gasteiger partial charge < -0.3 is 10.2 Å². The maximum atomic E-state index is 13.5. The second-order valence-corrected chi connectivity index (χ2v) is 11.7. The third-order valence-electron chi connectivity index (χ3n) is 6.62. The highest BCUT2D eigenvalue weighted by Crippen LogP contribution is 2.28. The molecule has 190 valence electrons. The van der Waals surface area contributed by atoms with Crippen LogP contribution in [0, 0.1) is 0 Å². The van der Waals surface area contributed by atoms with Gasteiger partial charge in [-0.3, -0.25) is 9.59 Å². The topological polar surface area (TPSA) is 75.2 Å². The molecular formula is C28H33ClN4O2S. The lowest BCUT2D eigenvalue weighted by molar-refractivity contribution is -0.116. The lowest BCUT2D eigenvalue weighted by atomic mass is 9.86. The summed E-state index contributed by atoms with van der Waals surface area (Å²) in [6, 6.07) is 15.4. The molecule has 0 aliphatic heterocycles. The summed E-state index contributed by atoms with van der Waals surface area (Å²) in [6.07, 6.45) is 5.59. The van der Waals surface area contributed by atoms with Crippen molar-refractivity contribution in [1.82, 2.24) is 15.1 Å². The Hall–Kier alpha value is -2.77. The van der Waals surface area contributed by atoms with Gasteiger partial charge >= 0.3 is 0 Å². The number of rotatable bonds is 7. The molecule has 1 saturated carbocycles. The highest BCUT2D eigenvalue weighted by atomic mass is 35.5. The molecule has 2 amide bonds. The number of hydrogen-bond acceptors (Lipinski definition) is 5. The molecule has 4 rings (SSSR count). The lowest BCUT2D eigenvalue weighted by Gasteiger charge is -2.34. The van der Waals surface area contributed by atoms with Gasteiger partial charge in [-0.1, -0.05) is 87.2 Å². The molecule has 1 fully saturated rings. The second kappa shape index (κ2) is 11.5. The minimum absolute atomic E-state index is 0.00361. The van der Waals surface area contributed by atoms with Crippen LogP contribution < -0.4 is 5.32 Å². The number of nitrogens with one attached hydrogen (secondary N) is 1. The van der Waals surface area contributed by atoms with E-state index >= 15 is 0 Å². The predicted molar refractivity (Wildman–Crippen MR) is 147 cm³/mol. The Kier molecular flexibility index (Phi) is 8.42. The fraction of sp³-hybridized carbons (Fsp3) is 0.429. The van der Waals surface area contributed by atoms with Crippen molar-refractivity contribution >= 4 is 39.9 Å². The van der Waals surface area contributed by atoms with E-state index in [1.165, 1.54) is 23.3 Å². The van der Waals surface area contributed by atoms with Crippen molar-refractivity contribution in [3.8, 4) is 10.6 Å².